The van der Waals surface area contributed by atoms with Crippen LogP contribution >= 0.6 is 34.9 Å². The number of rotatable bonds is 7. The third kappa shape index (κ3) is 4.97. The summed E-state index contributed by atoms with van der Waals surface area (Å²) in [7, 11) is 0. The highest BCUT2D eigenvalue weighted by atomic mass is 35.5. The Balaban J connectivity index is 1.61. The number of aromatic nitrogens is 3. The van der Waals surface area contributed by atoms with Crippen molar-refractivity contribution in [3.8, 4) is 17.3 Å². The molecule has 0 radical (unpaired) electrons. The van der Waals surface area contributed by atoms with Crippen molar-refractivity contribution in [3.63, 3.8) is 0 Å². The van der Waals surface area contributed by atoms with Gasteiger partial charge in [-0.2, -0.15) is 19.8 Å². The number of benzene rings is 2. The average Bonchev–Trinajstić information content (AvgIpc) is 3.39. The van der Waals surface area contributed by atoms with Crippen molar-refractivity contribution in [2.75, 3.05) is 11.7 Å². The van der Waals surface area contributed by atoms with Gasteiger partial charge in [-0.05, 0) is 35.5 Å². The van der Waals surface area contributed by atoms with Gasteiger partial charge in [0.05, 0.1) is 12.8 Å². The molecule has 6 nitrogen and oxygen atoms in total. The fourth-order valence-electron chi connectivity index (χ4n) is 2.96. The third-order valence-electron chi connectivity index (χ3n) is 4.43. The van der Waals surface area contributed by atoms with E-state index < -0.39 is 0 Å². The Bertz CT molecular complexity index is 1240. The first-order valence-corrected chi connectivity index (χ1v) is 11.7. The highest BCUT2D eigenvalue weighted by Gasteiger charge is 2.13. The summed E-state index contributed by atoms with van der Waals surface area (Å²) in [6, 6.07) is 19.9. The molecular weight excluding hydrogens is 448 g/mol. The molecule has 0 atom stereocenters. The van der Waals surface area contributed by atoms with E-state index >= 15 is 0 Å². The zero-order valence-electron chi connectivity index (χ0n) is 16.5. The Hall–Kier alpha value is -3.12. The molecule has 0 aliphatic rings. The molecule has 2 aromatic carbocycles. The maximum atomic E-state index is 9.38. The van der Waals surface area contributed by atoms with E-state index in [1.54, 1.807) is 6.21 Å². The first kappa shape index (κ1) is 21.1. The summed E-state index contributed by atoms with van der Waals surface area (Å²) in [5.74, 6) is 0. The lowest BCUT2D eigenvalue weighted by Crippen LogP contribution is -2.00. The highest BCUT2D eigenvalue weighted by Crippen LogP contribution is 2.30. The minimum absolute atomic E-state index is 0.511. The molecule has 0 fully saturated rings. The maximum Gasteiger partial charge on any atom is 0.148 e. The van der Waals surface area contributed by atoms with Crippen molar-refractivity contribution < 1.29 is 0 Å². The molecule has 2 aromatic heterocycles. The van der Waals surface area contributed by atoms with Crippen LogP contribution in [0.2, 0.25) is 5.02 Å². The molecule has 0 bridgehead atoms. The molecule has 0 spiro atoms. The Kier molecular flexibility index (Phi) is 6.67. The van der Waals surface area contributed by atoms with Crippen LogP contribution in [0.25, 0.3) is 11.3 Å². The van der Waals surface area contributed by atoms with E-state index in [-0.39, 0.29) is 0 Å². The van der Waals surface area contributed by atoms with Gasteiger partial charge in [-0.1, -0.05) is 54.1 Å². The monoisotopic (exact) mass is 464 g/mol. The standard InChI is InChI=1S/C22H17ClN6S2/c1-30-22-19(11-24)21(31-28-22)26-25-12-17-14-29(13-15-7-9-18(23)10-8-15)27-20(17)16-5-3-2-4-6-16/h2-10,12,14,26H,13H2,1H3/b25-12+. The number of anilines is 1. The molecular formula is C22H17ClN6S2. The lowest BCUT2D eigenvalue weighted by molar-refractivity contribution is 0.689. The van der Waals surface area contributed by atoms with E-state index in [2.05, 4.69) is 21.0 Å². The quantitative estimate of drug-likeness (QED) is 0.214. The van der Waals surface area contributed by atoms with Gasteiger partial charge in [0.25, 0.3) is 0 Å². The number of hydrogen-bond acceptors (Lipinski definition) is 7. The topological polar surface area (TPSA) is 78.9 Å². The van der Waals surface area contributed by atoms with Crippen LogP contribution in [0.5, 0.6) is 0 Å². The number of nitrogens with one attached hydrogen (secondary N) is 1. The fraction of sp³-hybridized carbons (Fsp3) is 0.0909. The molecule has 2 heterocycles. The van der Waals surface area contributed by atoms with E-state index in [4.69, 9.17) is 16.7 Å². The van der Waals surface area contributed by atoms with Crippen molar-refractivity contribution in [3.05, 3.63) is 82.5 Å². The maximum absolute atomic E-state index is 9.38. The molecule has 0 aliphatic heterocycles. The summed E-state index contributed by atoms with van der Waals surface area (Å²) >= 11 is 8.65. The molecule has 0 unspecified atom stereocenters. The third-order valence-corrected chi connectivity index (χ3v) is 6.23. The second-order valence-corrected chi connectivity index (χ2v) is 8.51. The van der Waals surface area contributed by atoms with E-state index in [0.29, 0.717) is 27.2 Å². The number of nitrogens with zero attached hydrogens (tertiary/aromatic N) is 5. The average molecular weight is 465 g/mol. The lowest BCUT2D eigenvalue weighted by Gasteiger charge is -2.02. The second-order valence-electron chi connectivity index (χ2n) is 6.50. The number of hydrogen-bond donors (Lipinski definition) is 1. The minimum Gasteiger partial charge on any atom is -0.267 e. The van der Waals surface area contributed by atoms with Gasteiger partial charge in [0.2, 0.25) is 0 Å². The Morgan fingerprint density at radius 2 is 2.00 bits per heavy atom. The zero-order valence-corrected chi connectivity index (χ0v) is 18.9. The summed E-state index contributed by atoms with van der Waals surface area (Å²) in [6.45, 7) is 0.614. The van der Waals surface area contributed by atoms with Gasteiger partial charge < -0.3 is 0 Å². The Morgan fingerprint density at radius 1 is 1.23 bits per heavy atom. The molecule has 154 valence electrons. The Morgan fingerprint density at radius 3 is 2.71 bits per heavy atom. The summed E-state index contributed by atoms with van der Waals surface area (Å²) < 4.78 is 6.15. The van der Waals surface area contributed by atoms with Crippen LogP contribution in [0, 0.1) is 11.3 Å². The van der Waals surface area contributed by atoms with Crippen LogP contribution in [-0.2, 0) is 6.54 Å². The van der Waals surface area contributed by atoms with Gasteiger partial charge in [0.1, 0.15) is 27.4 Å². The van der Waals surface area contributed by atoms with Crippen LogP contribution in [0.4, 0.5) is 5.00 Å². The van der Waals surface area contributed by atoms with Crippen molar-refractivity contribution >= 4 is 46.1 Å². The van der Waals surface area contributed by atoms with Gasteiger partial charge in [0.15, 0.2) is 0 Å². The van der Waals surface area contributed by atoms with Crippen LogP contribution in [0.1, 0.15) is 16.7 Å². The molecule has 4 aromatic rings. The van der Waals surface area contributed by atoms with E-state index in [9.17, 15) is 5.26 Å². The number of halogens is 1. The minimum atomic E-state index is 0.511. The van der Waals surface area contributed by atoms with Crippen LogP contribution in [-0.4, -0.2) is 26.6 Å². The van der Waals surface area contributed by atoms with E-state index in [1.165, 1.54) is 23.3 Å². The van der Waals surface area contributed by atoms with Crippen LogP contribution < -0.4 is 5.43 Å². The van der Waals surface area contributed by atoms with Gasteiger partial charge in [0, 0.05) is 22.3 Å². The van der Waals surface area contributed by atoms with Gasteiger partial charge in [-0.15, -0.1) is 11.8 Å². The van der Waals surface area contributed by atoms with Gasteiger partial charge in [-0.3, -0.25) is 10.1 Å². The Labute approximate surface area is 193 Å². The number of thioether (sulfide) groups is 1. The van der Waals surface area contributed by atoms with Gasteiger partial charge in [-0.25, -0.2) is 0 Å². The summed E-state index contributed by atoms with van der Waals surface area (Å²) in [5, 5.41) is 20.5. The van der Waals surface area contributed by atoms with Crippen molar-refractivity contribution in [2.24, 2.45) is 5.10 Å². The molecule has 4 rings (SSSR count). The lowest BCUT2D eigenvalue weighted by atomic mass is 10.1. The normalized spacial score (nSPS) is 11.0. The van der Waals surface area contributed by atoms with Crippen LogP contribution in [0.3, 0.4) is 0 Å². The molecule has 0 amide bonds. The van der Waals surface area contributed by atoms with Gasteiger partial charge >= 0.3 is 0 Å². The summed E-state index contributed by atoms with van der Waals surface area (Å²) in [4.78, 5) is 0. The molecule has 0 aliphatic carbocycles. The van der Waals surface area contributed by atoms with Crippen molar-refractivity contribution in [1.82, 2.24) is 14.2 Å². The predicted molar refractivity (Wildman–Crippen MR) is 128 cm³/mol. The van der Waals surface area contributed by atoms with Crippen molar-refractivity contribution in [1.29, 1.82) is 5.26 Å². The number of hydrazone groups is 1. The van der Waals surface area contributed by atoms with Crippen LogP contribution in [0.15, 0.2) is 70.9 Å². The zero-order chi connectivity index (χ0) is 21.6. The molecule has 9 heteroatoms. The SMILES string of the molecule is CSc1nsc(N/N=C/c2cn(Cc3ccc(Cl)cc3)nc2-c2ccccc2)c1C#N. The summed E-state index contributed by atoms with van der Waals surface area (Å²) in [6.07, 6.45) is 5.56. The summed E-state index contributed by atoms with van der Waals surface area (Å²) in [5.41, 5.74) is 7.25. The molecule has 1 N–H and O–H groups in total. The number of nitriles is 1. The molecule has 31 heavy (non-hydrogen) atoms. The highest BCUT2D eigenvalue weighted by molar-refractivity contribution is 7.98. The van der Waals surface area contributed by atoms with E-state index in [0.717, 1.165) is 22.4 Å². The predicted octanol–water partition coefficient (Wildman–Crippen LogP) is 5.75. The van der Waals surface area contributed by atoms with E-state index in [1.807, 2.05) is 71.7 Å². The second kappa shape index (κ2) is 9.79. The first-order chi connectivity index (χ1) is 15.2. The van der Waals surface area contributed by atoms with Crippen molar-refractivity contribution in [2.45, 2.75) is 11.6 Å². The first-order valence-electron chi connectivity index (χ1n) is 9.28. The smallest absolute Gasteiger partial charge is 0.148 e. The fourth-order valence-corrected chi connectivity index (χ4v) is 4.50. The molecule has 0 saturated carbocycles. The largest absolute Gasteiger partial charge is 0.267 e. The molecule has 0 saturated heterocycles.